The van der Waals surface area contributed by atoms with E-state index in [2.05, 4.69) is 34.4 Å². The fraction of sp³-hybridized carbons (Fsp3) is 0.655. The van der Waals surface area contributed by atoms with Crippen LogP contribution in [0.1, 0.15) is 52.2 Å². The first-order valence-corrected chi connectivity index (χ1v) is 23.3. The first-order chi connectivity index (χ1) is 28.7. The number of carbonyl (C=O) groups is 5. The van der Waals surface area contributed by atoms with E-state index in [0.29, 0.717) is 6.42 Å². The Kier molecular flexibility index (Phi) is 21.6. The van der Waals surface area contributed by atoms with Crippen molar-refractivity contribution in [1.29, 1.82) is 0 Å². The van der Waals surface area contributed by atoms with E-state index in [9.17, 15) is 67.5 Å². The maximum Gasteiger partial charge on any atom is 0.481 e. The summed E-state index contributed by atoms with van der Waals surface area (Å²) in [6.45, 7) is 0.177. The van der Waals surface area contributed by atoms with Gasteiger partial charge in [-0.2, -0.15) is 4.31 Å². The Morgan fingerprint density at radius 3 is 2.19 bits per heavy atom. The van der Waals surface area contributed by atoms with Crippen LogP contribution in [0.5, 0.6) is 0 Å². The van der Waals surface area contributed by atoms with Crippen molar-refractivity contribution in [3.8, 4) is 0 Å². The van der Waals surface area contributed by atoms with Crippen molar-refractivity contribution >= 4 is 81.1 Å². The summed E-state index contributed by atoms with van der Waals surface area (Å²) in [6.07, 6.45) is -7.13. The van der Waals surface area contributed by atoms with E-state index in [1.54, 1.807) is 0 Å². The first kappa shape index (κ1) is 54.6. The molecular formula is C29H48N7O22P3S. The van der Waals surface area contributed by atoms with Crippen LogP contribution in [0.15, 0.2) is 12.7 Å². The molecule has 3 heterocycles. The number of carbonyl (C=O) groups excluding carboxylic acids is 3. The summed E-state index contributed by atoms with van der Waals surface area (Å²) in [5.74, 6) is -3.36. The van der Waals surface area contributed by atoms with Crippen molar-refractivity contribution in [2.75, 3.05) is 44.4 Å². The molecule has 0 aromatic carbocycles. The van der Waals surface area contributed by atoms with Gasteiger partial charge in [0.25, 0.3) is 0 Å². The molecule has 1 aliphatic rings. The zero-order valence-corrected chi connectivity index (χ0v) is 36.3. The second-order valence-electron chi connectivity index (χ2n) is 13.4. The maximum atomic E-state index is 12.6. The number of imidazole rings is 1. The average molecular weight is 972 g/mol. The molecule has 0 saturated carbocycles. The highest BCUT2D eigenvalue weighted by Gasteiger charge is 2.50. The second kappa shape index (κ2) is 24.5. The number of thioether (sulfide) groups is 1. The molecule has 2 aromatic rings. The van der Waals surface area contributed by atoms with Gasteiger partial charge in [0.2, 0.25) is 11.8 Å². The van der Waals surface area contributed by atoms with Gasteiger partial charge in [-0.3, -0.25) is 42.1 Å². The third-order valence-electron chi connectivity index (χ3n) is 7.86. The number of rotatable bonds is 25. The van der Waals surface area contributed by atoms with Gasteiger partial charge in [0.05, 0.1) is 26.0 Å². The van der Waals surface area contributed by atoms with E-state index < -0.39 is 96.5 Å². The molecule has 0 bridgehead atoms. The highest BCUT2D eigenvalue weighted by Crippen LogP contribution is 2.61. The van der Waals surface area contributed by atoms with Gasteiger partial charge in [0, 0.05) is 50.1 Å². The number of carboxylic acids is 2. The van der Waals surface area contributed by atoms with E-state index in [4.69, 9.17) is 34.8 Å². The number of amides is 2. The number of anilines is 1. The lowest BCUT2D eigenvalue weighted by Crippen LogP contribution is -2.46. The minimum Gasteiger partial charge on any atom is -0.481 e. The van der Waals surface area contributed by atoms with Crippen LogP contribution in [0.25, 0.3) is 11.2 Å². The molecule has 0 spiro atoms. The van der Waals surface area contributed by atoms with Crippen molar-refractivity contribution in [2.45, 2.75) is 76.6 Å². The van der Waals surface area contributed by atoms with Crippen LogP contribution in [0.3, 0.4) is 0 Å². The number of phosphoric ester groups is 3. The van der Waals surface area contributed by atoms with Crippen LogP contribution < -0.4 is 16.4 Å². The molecule has 7 atom stereocenters. The monoisotopic (exact) mass is 971 g/mol. The lowest BCUT2D eigenvalue weighted by atomic mass is 9.87. The van der Waals surface area contributed by atoms with Gasteiger partial charge in [-0.1, -0.05) is 25.6 Å². The number of aliphatic carboxylic acids is 2. The van der Waals surface area contributed by atoms with E-state index >= 15 is 0 Å². The van der Waals surface area contributed by atoms with Crippen molar-refractivity contribution < 1.29 is 105 Å². The normalized spacial score (nSPS) is 20.3. The number of nitrogen functional groups attached to an aromatic ring is 1. The molecule has 13 N–H and O–H groups in total. The lowest BCUT2D eigenvalue weighted by molar-refractivity contribution is -0.138. The van der Waals surface area contributed by atoms with Crippen LogP contribution in [0, 0.1) is 5.41 Å². The van der Waals surface area contributed by atoms with Gasteiger partial charge in [0.1, 0.15) is 36.3 Å². The van der Waals surface area contributed by atoms with E-state index in [1.807, 2.05) is 0 Å². The molecule has 1 saturated heterocycles. The number of fused-ring (bicyclic) bond motifs is 1. The van der Waals surface area contributed by atoms with Crippen LogP contribution in [-0.2, 0) is 60.3 Å². The zero-order chi connectivity index (χ0) is 47.1. The Balaban J connectivity index is 0.00000173. The third kappa shape index (κ3) is 19.1. The number of nitrogens with zero attached hydrogens (tertiary/aromatic N) is 4. The van der Waals surface area contributed by atoms with Crippen LogP contribution >= 0.6 is 35.2 Å². The molecule has 1 aliphatic heterocycles. The van der Waals surface area contributed by atoms with Gasteiger partial charge in [-0.25, -0.2) is 28.6 Å². The standard InChI is InChI=1S/C25H40N7O19P3S.C4H8O3/c1-25(2,20(38)23(39)28-6-5-14(33)27-7-8-55-16(36)4-3-15(34)35)10-48-54(45,46)51-53(43,44)47-9-13-19(50-52(40,41)42)18(37)24(49-13)32-12-31-17-21(26)29-11-30-22(17)32;5-3-1-2-4(6)7/h11-13,18-20,24,37-38H,3-10H2,1-2H3,(H,27,33)(H,28,39)(H,34,35)(H,43,44)(H,45,46)(H2,26,29,30)(H2,40,41,42);5H,1-3H2,(H,6,7)/t13-,18-,19-,20+,24-;/m1./s1. The SMILES string of the molecule is CC(C)(COP(=O)(O)OP(=O)(O)OC[C@H]1O[C@@H](n2cnc3c(N)ncnc32)[C@H](O)[C@@H]1OP(=O)(O)O)[C@@H](O)C(=O)NCCC(=O)NCCSC(=O)CCC(=O)O.O=C(O)CCCO. The first-order valence-electron chi connectivity index (χ1n) is 17.8. The highest BCUT2D eigenvalue weighted by atomic mass is 32.2. The second-order valence-corrected chi connectivity index (χ2v) is 18.8. The maximum absolute atomic E-state index is 12.6. The summed E-state index contributed by atoms with van der Waals surface area (Å²) in [5, 5.41) is 50.4. The summed E-state index contributed by atoms with van der Waals surface area (Å²) >= 11 is 0.849. The molecule has 29 nitrogen and oxygen atoms in total. The summed E-state index contributed by atoms with van der Waals surface area (Å²) in [7, 11) is -16.4. The van der Waals surface area contributed by atoms with Crippen LogP contribution in [-0.4, -0.2) is 157 Å². The van der Waals surface area contributed by atoms with Crippen molar-refractivity contribution in [3.63, 3.8) is 0 Å². The number of ether oxygens (including phenoxy) is 1. The molecule has 62 heavy (non-hydrogen) atoms. The summed E-state index contributed by atoms with van der Waals surface area (Å²) in [6, 6.07) is 0. The molecule has 352 valence electrons. The Bertz CT molecular complexity index is 2000. The molecule has 0 radical (unpaired) electrons. The van der Waals surface area contributed by atoms with Gasteiger partial charge < -0.3 is 66.2 Å². The van der Waals surface area contributed by atoms with Crippen LogP contribution in [0.4, 0.5) is 5.82 Å². The number of nitrogens with two attached hydrogens (primary N) is 1. The molecule has 3 rings (SSSR count). The number of carboxylic acid groups (broad SMARTS) is 2. The van der Waals surface area contributed by atoms with Gasteiger partial charge in [0.15, 0.2) is 22.8 Å². The number of aliphatic hydroxyl groups is 3. The molecule has 0 aliphatic carbocycles. The van der Waals surface area contributed by atoms with Crippen molar-refractivity contribution in [2.24, 2.45) is 5.41 Å². The van der Waals surface area contributed by atoms with E-state index in [0.717, 1.165) is 29.0 Å². The molecule has 2 unspecified atom stereocenters. The molecule has 2 amide bonds. The fourth-order valence-electron chi connectivity index (χ4n) is 4.81. The summed E-state index contributed by atoms with van der Waals surface area (Å²) < 4.78 is 61.9. The van der Waals surface area contributed by atoms with Crippen molar-refractivity contribution in [1.82, 2.24) is 30.2 Å². The number of hydrogen-bond acceptors (Lipinski definition) is 21. The smallest absolute Gasteiger partial charge is 0.481 e. The number of aromatic nitrogens is 4. The van der Waals surface area contributed by atoms with Crippen LogP contribution in [0.2, 0.25) is 0 Å². The van der Waals surface area contributed by atoms with Gasteiger partial charge in [-0.15, -0.1) is 0 Å². The van der Waals surface area contributed by atoms with Crippen molar-refractivity contribution in [3.05, 3.63) is 12.7 Å². The number of aliphatic hydroxyl groups excluding tert-OH is 3. The summed E-state index contributed by atoms with van der Waals surface area (Å²) in [5.41, 5.74) is 4.20. The Labute approximate surface area is 355 Å². The predicted octanol–water partition coefficient (Wildman–Crippen LogP) is -1.63. The topological polar surface area (TPSA) is 458 Å². The predicted molar refractivity (Wildman–Crippen MR) is 208 cm³/mol. The Morgan fingerprint density at radius 1 is 0.952 bits per heavy atom. The zero-order valence-electron chi connectivity index (χ0n) is 32.8. The number of phosphoric acid groups is 3. The Morgan fingerprint density at radius 2 is 1.60 bits per heavy atom. The van der Waals surface area contributed by atoms with Gasteiger partial charge >= 0.3 is 35.4 Å². The molecule has 1 fully saturated rings. The minimum atomic E-state index is -5.59. The van der Waals surface area contributed by atoms with E-state index in [-0.39, 0.29) is 73.2 Å². The lowest BCUT2D eigenvalue weighted by Gasteiger charge is -2.30. The van der Waals surface area contributed by atoms with E-state index in [1.165, 1.54) is 13.8 Å². The Hall–Kier alpha value is -3.54. The largest absolute Gasteiger partial charge is 0.481 e. The quantitative estimate of drug-likeness (QED) is 0.0393. The number of hydrogen-bond donors (Lipinski definition) is 12. The molecule has 2 aromatic heterocycles. The summed E-state index contributed by atoms with van der Waals surface area (Å²) in [4.78, 5) is 107. The number of nitrogens with one attached hydrogen (secondary N) is 2. The molecule has 33 heteroatoms. The van der Waals surface area contributed by atoms with Gasteiger partial charge in [-0.05, 0) is 6.42 Å². The third-order valence-corrected chi connectivity index (χ3v) is 11.9. The minimum absolute atomic E-state index is 0.0197. The molecular weight excluding hydrogens is 923 g/mol. The fourth-order valence-corrected chi connectivity index (χ4v) is 8.31. The highest BCUT2D eigenvalue weighted by molar-refractivity contribution is 8.13. The average Bonchev–Trinajstić information content (AvgIpc) is 3.73.